The number of hydrogen-bond donors (Lipinski definition) is 1. The molecule has 2 aliphatic carbocycles. The third-order valence-electron chi connectivity index (χ3n) is 5.36. The fourth-order valence-electron chi connectivity index (χ4n) is 4.44. The van der Waals surface area contributed by atoms with Gasteiger partial charge in [0.1, 0.15) is 0 Å². The van der Waals surface area contributed by atoms with Gasteiger partial charge in [-0.2, -0.15) is 0 Å². The number of hydrogen-bond acceptors (Lipinski definition) is 3. The maximum Gasteiger partial charge on any atom is 0.337 e. The van der Waals surface area contributed by atoms with E-state index in [-0.39, 0.29) is 56.4 Å². The molecule has 3 aliphatic rings. The normalized spacial score (nSPS) is 38.3. The Hall–Kier alpha value is -1.21. The van der Waals surface area contributed by atoms with Gasteiger partial charge in [-0.05, 0) is 30.4 Å². The molecule has 0 aromatic heterocycles. The number of nitrogens with zero attached hydrogens (tertiary/aromatic N) is 1. The Kier molecular flexibility index (Phi) is 3.43. The van der Waals surface area contributed by atoms with E-state index in [9.17, 15) is 19.5 Å². The number of anilines is 1. The molecular weight excluding hydrogens is 430 g/mol. The van der Waals surface area contributed by atoms with Gasteiger partial charge < -0.3 is 5.11 Å². The number of carbonyl (C=O) groups excluding carboxylic acids is 2. The minimum atomic E-state index is -1.14. The summed E-state index contributed by atoms with van der Waals surface area (Å²) in [6.45, 7) is 0. The molecule has 5 nitrogen and oxygen atoms in total. The number of carboxylic acids is 1. The highest BCUT2D eigenvalue weighted by atomic mass is 79.9. The molecule has 23 heavy (non-hydrogen) atoms. The van der Waals surface area contributed by atoms with Gasteiger partial charge in [-0.15, -0.1) is 0 Å². The van der Waals surface area contributed by atoms with Crippen LogP contribution in [0.3, 0.4) is 0 Å². The summed E-state index contributed by atoms with van der Waals surface area (Å²) in [6.07, 6.45) is 0.854. The average molecular weight is 443 g/mol. The minimum Gasteiger partial charge on any atom is -0.478 e. The van der Waals surface area contributed by atoms with Gasteiger partial charge in [-0.3, -0.25) is 9.59 Å². The third-order valence-corrected chi connectivity index (χ3v) is 8.57. The van der Waals surface area contributed by atoms with Gasteiger partial charge in [0.05, 0.1) is 23.1 Å². The zero-order chi connectivity index (χ0) is 16.5. The van der Waals surface area contributed by atoms with Crippen molar-refractivity contribution in [3.63, 3.8) is 0 Å². The lowest BCUT2D eigenvalue weighted by atomic mass is 9.81. The molecule has 6 atom stereocenters. The number of aromatic carboxylic acids is 1. The third kappa shape index (κ3) is 1.92. The molecule has 120 valence electrons. The summed E-state index contributed by atoms with van der Waals surface area (Å²) < 4.78 is 0. The van der Waals surface area contributed by atoms with E-state index in [0.29, 0.717) is 0 Å². The number of fused-ring (bicyclic) bond motifs is 5. The van der Waals surface area contributed by atoms with E-state index in [0.717, 1.165) is 11.3 Å². The fourth-order valence-corrected chi connectivity index (χ4v) is 6.31. The molecule has 1 saturated heterocycles. The maximum atomic E-state index is 12.9. The van der Waals surface area contributed by atoms with Crippen molar-refractivity contribution in [2.75, 3.05) is 4.90 Å². The SMILES string of the molecule is O=C(O)c1ccccc1N1C(=O)[C@@H]2[C@H]3C[C@@H]([C@@H](Br)[C@H]3Br)[C@H]2C1=O. The molecular formula is C16H13Br2NO4. The van der Waals surface area contributed by atoms with Crippen molar-refractivity contribution in [2.45, 2.75) is 16.1 Å². The number of rotatable bonds is 2. The van der Waals surface area contributed by atoms with Gasteiger partial charge in [0.2, 0.25) is 11.8 Å². The van der Waals surface area contributed by atoms with Gasteiger partial charge in [-0.25, -0.2) is 9.69 Å². The lowest BCUT2D eigenvalue weighted by Gasteiger charge is -2.28. The molecule has 4 rings (SSSR count). The first-order valence-corrected chi connectivity index (χ1v) is 9.25. The Morgan fingerprint density at radius 3 is 2.09 bits per heavy atom. The van der Waals surface area contributed by atoms with Crippen LogP contribution >= 0.6 is 31.9 Å². The van der Waals surface area contributed by atoms with Crippen LogP contribution in [0.4, 0.5) is 5.69 Å². The Balaban J connectivity index is 1.78. The highest BCUT2D eigenvalue weighted by Gasteiger charge is 2.66. The van der Waals surface area contributed by atoms with Crippen LogP contribution in [-0.4, -0.2) is 32.5 Å². The first-order valence-electron chi connectivity index (χ1n) is 7.41. The Morgan fingerprint density at radius 1 is 1.04 bits per heavy atom. The second kappa shape index (κ2) is 5.14. The van der Waals surface area contributed by atoms with E-state index in [1.807, 2.05) is 0 Å². The van der Waals surface area contributed by atoms with Crippen LogP contribution in [0.15, 0.2) is 24.3 Å². The van der Waals surface area contributed by atoms with Gasteiger partial charge in [0.25, 0.3) is 0 Å². The van der Waals surface area contributed by atoms with E-state index < -0.39 is 5.97 Å². The van der Waals surface area contributed by atoms with E-state index >= 15 is 0 Å². The van der Waals surface area contributed by atoms with E-state index in [2.05, 4.69) is 31.9 Å². The Bertz CT molecular complexity index is 705. The monoisotopic (exact) mass is 441 g/mol. The molecule has 0 unspecified atom stereocenters. The summed E-state index contributed by atoms with van der Waals surface area (Å²) in [4.78, 5) is 38.6. The average Bonchev–Trinajstić information content (AvgIpc) is 3.12. The topological polar surface area (TPSA) is 74.7 Å². The van der Waals surface area contributed by atoms with Gasteiger partial charge >= 0.3 is 5.97 Å². The van der Waals surface area contributed by atoms with E-state index in [4.69, 9.17) is 0 Å². The summed E-state index contributed by atoms with van der Waals surface area (Å²) >= 11 is 7.27. The maximum absolute atomic E-state index is 12.9. The van der Waals surface area contributed by atoms with Crippen LogP contribution in [-0.2, 0) is 9.59 Å². The standard InChI is InChI=1S/C16H13Br2NO4/c17-12-7-5-8(13(12)18)11-10(7)14(20)19(15(11)21)9-4-2-1-3-6(9)16(22)23/h1-4,7-8,10-13H,5H2,(H,22,23)/t7-,8-,10-,11-,12-,13+/m1/s1. The lowest BCUT2D eigenvalue weighted by molar-refractivity contribution is -0.123. The highest BCUT2D eigenvalue weighted by molar-refractivity contribution is 9.12. The van der Waals surface area contributed by atoms with Crippen molar-refractivity contribution >= 4 is 55.3 Å². The summed E-state index contributed by atoms with van der Waals surface area (Å²) in [5.74, 6) is -2.10. The zero-order valence-corrected chi connectivity index (χ0v) is 15.0. The summed E-state index contributed by atoms with van der Waals surface area (Å²) in [5, 5.41) is 9.34. The number of amides is 2. The van der Waals surface area contributed by atoms with Gasteiger partial charge in [0.15, 0.2) is 0 Å². The quantitative estimate of drug-likeness (QED) is 0.564. The number of alkyl halides is 2. The first kappa shape index (κ1) is 15.3. The smallest absolute Gasteiger partial charge is 0.337 e. The Labute approximate surface area is 149 Å². The van der Waals surface area contributed by atoms with Crippen molar-refractivity contribution in [1.82, 2.24) is 0 Å². The molecule has 1 N–H and O–H groups in total. The molecule has 1 aromatic rings. The van der Waals surface area contributed by atoms with Crippen LogP contribution in [0.1, 0.15) is 16.8 Å². The van der Waals surface area contributed by atoms with Crippen molar-refractivity contribution in [3.05, 3.63) is 29.8 Å². The molecule has 7 heteroatoms. The summed E-state index contributed by atoms with van der Waals surface area (Å²) in [6, 6.07) is 6.18. The van der Waals surface area contributed by atoms with Crippen LogP contribution in [0.2, 0.25) is 0 Å². The highest BCUT2D eigenvalue weighted by Crippen LogP contribution is 2.60. The van der Waals surface area contributed by atoms with Gasteiger partial charge in [0, 0.05) is 9.65 Å². The van der Waals surface area contributed by atoms with Crippen LogP contribution in [0.5, 0.6) is 0 Å². The molecule has 0 radical (unpaired) electrons. The zero-order valence-electron chi connectivity index (χ0n) is 11.9. The van der Waals surface area contributed by atoms with E-state index in [1.165, 1.54) is 12.1 Å². The lowest BCUT2D eigenvalue weighted by Crippen LogP contribution is -2.37. The number of carboxylic acid groups (broad SMARTS) is 1. The molecule has 2 saturated carbocycles. The number of benzene rings is 1. The molecule has 2 amide bonds. The van der Waals surface area contributed by atoms with Crippen molar-refractivity contribution in [3.8, 4) is 0 Å². The first-order chi connectivity index (χ1) is 10.9. The predicted octanol–water partition coefficient (Wildman–Crippen LogP) is 2.67. The summed E-state index contributed by atoms with van der Waals surface area (Å²) in [7, 11) is 0. The van der Waals surface area contributed by atoms with Crippen molar-refractivity contribution in [1.29, 1.82) is 0 Å². The molecule has 2 bridgehead atoms. The Morgan fingerprint density at radius 2 is 1.57 bits per heavy atom. The fraction of sp³-hybridized carbons (Fsp3) is 0.438. The molecule has 0 spiro atoms. The molecule has 1 aromatic carbocycles. The van der Waals surface area contributed by atoms with Crippen LogP contribution in [0.25, 0.3) is 0 Å². The largest absolute Gasteiger partial charge is 0.478 e. The van der Waals surface area contributed by atoms with Crippen molar-refractivity contribution < 1.29 is 19.5 Å². The van der Waals surface area contributed by atoms with Gasteiger partial charge in [-0.1, -0.05) is 44.0 Å². The molecule has 1 heterocycles. The number of imide groups is 1. The number of para-hydroxylation sites is 1. The van der Waals surface area contributed by atoms with Crippen molar-refractivity contribution in [2.24, 2.45) is 23.7 Å². The van der Waals surface area contributed by atoms with Crippen LogP contribution < -0.4 is 4.90 Å². The van der Waals surface area contributed by atoms with E-state index in [1.54, 1.807) is 12.1 Å². The second-order valence-corrected chi connectivity index (χ2v) is 8.45. The molecule has 3 fully saturated rings. The second-order valence-electron chi connectivity index (χ2n) is 6.34. The predicted molar refractivity (Wildman–Crippen MR) is 89.9 cm³/mol. The number of carbonyl (C=O) groups is 3. The summed E-state index contributed by atoms with van der Waals surface area (Å²) in [5.41, 5.74) is 0.161. The molecule has 1 aliphatic heterocycles. The van der Waals surface area contributed by atoms with Crippen LogP contribution in [0, 0.1) is 23.7 Å². The minimum absolute atomic E-state index is 0.0210. The number of halogens is 2.